The van der Waals surface area contributed by atoms with Crippen molar-refractivity contribution in [3.63, 3.8) is 0 Å². The average molecular weight is 228 g/mol. The lowest BCUT2D eigenvalue weighted by Gasteiger charge is -2.33. The van der Waals surface area contributed by atoms with E-state index in [1.807, 2.05) is 34.6 Å². The van der Waals surface area contributed by atoms with Gasteiger partial charge in [-0.3, -0.25) is 9.59 Å². The zero-order chi connectivity index (χ0) is 12.9. The van der Waals surface area contributed by atoms with Crippen LogP contribution < -0.4 is 0 Å². The van der Waals surface area contributed by atoms with Gasteiger partial charge in [-0.1, -0.05) is 34.6 Å². The molecular weight excluding hydrogens is 204 g/mol. The monoisotopic (exact) mass is 228 g/mol. The third kappa shape index (κ3) is 3.06. The Morgan fingerprint density at radius 1 is 1.19 bits per heavy atom. The Bertz CT molecular complexity index is 254. The lowest BCUT2D eigenvalue weighted by Crippen LogP contribution is -2.41. The minimum Gasteiger partial charge on any atom is -0.481 e. The molecule has 0 amide bonds. The highest BCUT2D eigenvalue weighted by Gasteiger charge is 2.42. The van der Waals surface area contributed by atoms with E-state index in [1.165, 1.54) is 0 Å². The summed E-state index contributed by atoms with van der Waals surface area (Å²) in [5.74, 6) is -2.13. The fourth-order valence-electron chi connectivity index (χ4n) is 1.91. The normalized spacial score (nSPS) is 15.6. The van der Waals surface area contributed by atoms with Crippen LogP contribution in [0.5, 0.6) is 0 Å². The first kappa shape index (κ1) is 15.1. The number of carbonyl (C=O) groups is 2. The van der Waals surface area contributed by atoms with Gasteiger partial charge in [0.05, 0.1) is 0 Å². The molecule has 0 bridgehead atoms. The molecule has 0 spiro atoms. The van der Waals surface area contributed by atoms with Crippen LogP contribution in [0, 0.1) is 17.3 Å². The van der Waals surface area contributed by atoms with Gasteiger partial charge in [-0.2, -0.15) is 0 Å². The quantitative estimate of drug-likeness (QED) is 0.681. The summed E-state index contributed by atoms with van der Waals surface area (Å²) in [7, 11) is 0. The average Bonchev–Trinajstić information content (AvgIpc) is 2.27. The van der Waals surface area contributed by atoms with Crippen LogP contribution in [0.1, 0.15) is 53.9 Å². The molecule has 94 valence electrons. The van der Waals surface area contributed by atoms with Crippen molar-refractivity contribution in [3.8, 4) is 0 Å². The van der Waals surface area contributed by atoms with Crippen LogP contribution in [0.15, 0.2) is 0 Å². The molecule has 0 aromatic carbocycles. The van der Waals surface area contributed by atoms with Gasteiger partial charge in [0.25, 0.3) is 0 Å². The molecule has 0 aliphatic heterocycles. The number of carboxylic acid groups (broad SMARTS) is 1. The van der Waals surface area contributed by atoms with Crippen molar-refractivity contribution in [3.05, 3.63) is 0 Å². The Morgan fingerprint density at radius 3 is 1.88 bits per heavy atom. The van der Waals surface area contributed by atoms with E-state index in [2.05, 4.69) is 0 Å². The maximum Gasteiger partial charge on any atom is 0.314 e. The number of Topliss-reactive ketones (excluding diaryl/α,β-unsaturated/α-hetero) is 1. The minimum absolute atomic E-state index is 0.124. The molecule has 2 atom stereocenters. The van der Waals surface area contributed by atoms with E-state index >= 15 is 0 Å². The zero-order valence-corrected chi connectivity index (χ0v) is 11.0. The molecule has 2 unspecified atom stereocenters. The molecular formula is C13H24O3. The third-order valence-electron chi connectivity index (χ3n) is 3.94. The third-order valence-corrected chi connectivity index (χ3v) is 3.94. The van der Waals surface area contributed by atoms with Gasteiger partial charge in [0, 0.05) is 5.92 Å². The van der Waals surface area contributed by atoms with Crippen LogP contribution in [0.25, 0.3) is 0 Å². The summed E-state index contributed by atoms with van der Waals surface area (Å²) < 4.78 is 0. The fourth-order valence-corrected chi connectivity index (χ4v) is 1.91. The molecule has 0 radical (unpaired) electrons. The molecule has 0 heterocycles. The summed E-state index contributed by atoms with van der Waals surface area (Å²) in [5.41, 5.74) is -0.424. The Kier molecular flexibility index (Phi) is 5.70. The predicted molar refractivity (Wildman–Crippen MR) is 64.3 cm³/mol. The summed E-state index contributed by atoms with van der Waals surface area (Å²) in [5, 5.41) is 9.27. The molecule has 0 saturated carbocycles. The predicted octanol–water partition coefficient (Wildman–Crippen LogP) is 3.13. The van der Waals surface area contributed by atoms with E-state index in [-0.39, 0.29) is 11.7 Å². The Hall–Kier alpha value is -0.860. The standard InChI is InChI=1S/C13H24O3/c1-6-9(4)11(14)10(12(15)16)13(5,7-2)8-3/h9-10H,6-8H2,1-5H3,(H,15,16). The highest BCUT2D eigenvalue weighted by Crippen LogP contribution is 2.37. The molecule has 0 rings (SSSR count). The van der Waals surface area contributed by atoms with Crippen molar-refractivity contribution in [1.29, 1.82) is 0 Å². The Morgan fingerprint density at radius 2 is 1.62 bits per heavy atom. The van der Waals surface area contributed by atoms with Gasteiger partial charge in [0.15, 0.2) is 0 Å². The first-order valence-corrected chi connectivity index (χ1v) is 6.10. The van der Waals surface area contributed by atoms with Crippen molar-refractivity contribution in [2.75, 3.05) is 0 Å². The van der Waals surface area contributed by atoms with E-state index in [4.69, 9.17) is 0 Å². The van der Waals surface area contributed by atoms with Crippen molar-refractivity contribution in [1.82, 2.24) is 0 Å². The Balaban J connectivity index is 5.15. The van der Waals surface area contributed by atoms with E-state index in [1.54, 1.807) is 0 Å². The van der Waals surface area contributed by atoms with Crippen LogP contribution in [0.4, 0.5) is 0 Å². The van der Waals surface area contributed by atoms with E-state index in [0.29, 0.717) is 19.3 Å². The number of carboxylic acids is 1. The maximum absolute atomic E-state index is 12.1. The van der Waals surface area contributed by atoms with Crippen LogP contribution >= 0.6 is 0 Å². The van der Waals surface area contributed by atoms with Gasteiger partial charge >= 0.3 is 5.97 Å². The summed E-state index contributed by atoms with van der Waals surface area (Å²) >= 11 is 0. The van der Waals surface area contributed by atoms with E-state index in [0.717, 1.165) is 0 Å². The van der Waals surface area contributed by atoms with Gasteiger partial charge in [-0.05, 0) is 24.7 Å². The number of rotatable bonds is 7. The smallest absolute Gasteiger partial charge is 0.314 e. The van der Waals surface area contributed by atoms with Crippen molar-refractivity contribution in [2.24, 2.45) is 17.3 Å². The molecule has 1 N–H and O–H groups in total. The van der Waals surface area contributed by atoms with E-state index < -0.39 is 17.3 Å². The second-order valence-electron chi connectivity index (χ2n) is 4.84. The van der Waals surface area contributed by atoms with Gasteiger partial charge in [0.2, 0.25) is 0 Å². The summed E-state index contributed by atoms with van der Waals surface area (Å²) in [6, 6.07) is 0. The van der Waals surface area contributed by atoms with Crippen LogP contribution in [0.2, 0.25) is 0 Å². The van der Waals surface area contributed by atoms with E-state index in [9.17, 15) is 14.7 Å². The molecule has 0 aliphatic rings. The van der Waals surface area contributed by atoms with Crippen molar-refractivity contribution < 1.29 is 14.7 Å². The molecule has 3 heteroatoms. The largest absolute Gasteiger partial charge is 0.481 e. The second-order valence-corrected chi connectivity index (χ2v) is 4.84. The van der Waals surface area contributed by atoms with Crippen LogP contribution in [-0.4, -0.2) is 16.9 Å². The molecule has 0 fully saturated rings. The lowest BCUT2D eigenvalue weighted by molar-refractivity contribution is -0.153. The number of ketones is 1. The zero-order valence-electron chi connectivity index (χ0n) is 11.0. The maximum atomic E-state index is 12.1. The van der Waals surface area contributed by atoms with Gasteiger partial charge in [-0.15, -0.1) is 0 Å². The van der Waals surface area contributed by atoms with Gasteiger partial charge in [0.1, 0.15) is 11.7 Å². The van der Waals surface area contributed by atoms with Crippen molar-refractivity contribution >= 4 is 11.8 Å². The SMILES string of the molecule is CCC(C)C(=O)C(C(=O)O)C(C)(CC)CC. The highest BCUT2D eigenvalue weighted by molar-refractivity contribution is 6.00. The molecule has 0 saturated heterocycles. The summed E-state index contributed by atoms with van der Waals surface area (Å²) in [4.78, 5) is 23.4. The summed E-state index contributed by atoms with van der Waals surface area (Å²) in [6.45, 7) is 9.51. The lowest BCUT2D eigenvalue weighted by atomic mass is 9.69. The minimum atomic E-state index is -0.975. The number of hydrogen-bond acceptors (Lipinski definition) is 2. The number of carbonyl (C=O) groups excluding carboxylic acids is 1. The number of aliphatic carboxylic acids is 1. The Labute approximate surface area is 98.2 Å². The highest BCUT2D eigenvalue weighted by atomic mass is 16.4. The first-order chi connectivity index (χ1) is 7.33. The molecule has 16 heavy (non-hydrogen) atoms. The van der Waals surface area contributed by atoms with Gasteiger partial charge < -0.3 is 5.11 Å². The van der Waals surface area contributed by atoms with Crippen LogP contribution in [-0.2, 0) is 9.59 Å². The molecule has 0 aromatic rings. The second kappa shape index (κ2) is 6.02. The molecule has 0 aromatic heterocycles. The topological polar surface area (TPSA) is 54.4 Å². The summed E-state index contributed by atoms with van der Waals surface area (Å²) in [6.07, 6.45) is 2.12. The van der Waals surface area contributed by atoms with Gasteiger partial charge in [-0.25, -0.2) is 0 Å². The van der Waals surface area contributed by atoms with Crippen LogP contribution in [0.3, 0.4) is 0 Å². The first-order valence-electron chi connectivity index (χ1n) is 6.10. The molecule has 0 aliphatic carbocycles. The molecule has 3 nitrogen and oxygen atoms in total. The fraction of sp³-hybridized carbons (Fsp3) is 0.846. The number of hydrogen-bond donors (Lipinski definition) is 1. The van der Waals surface area contributed by atoms with Crippen molar-refractivity contribution in [2.45, 2.75) is 53.9 Å².